The first kappa shape index (κ1) is 23.9. The van der Waals surface area contributed by atoms with Crippen LogP contribution in [0, 0.1) is 0 Å². The minimum atomic E-state index is -0.436. The summed E-state index contributed by atoms with van der Waals surface area (Å²) >= 11 is 0. The Bertz CT molecular complexity index is 1010. The molecule has 4 rings (SSSR count). The van der Waals surface area contributed by atoms with Crippen molar-refractivity contribution in [1.29, 1.82) is 0 Å². The summed E-state index contributed by atoms with van der Waals surface area (Å²) in [6.07, 6.45) is 1.06. The number of likely N-dealkylation sites (N-methyl/N-ethyl adjacent to an activating group) is 1. The van der Waals surface area contributed by atoms with Crippen LogP contribution in [-0.4, -0.2) is 24.5 Å². The van der Waals surface area contributed by atoms with E-state index in [4.69, 9.17) is 0 Å². The van der Waals surface area contributed by atoms with Gasteiger partial charge in [-0.2, -0.15) is 0 Å². The number of hydrogen-bond donors (Lipinski definition) is 1. The quantitative estimate of drug-likeness (QED) is 0.262. The molecule has 0 fully saturated rings. The van der Waals surface area contributed by atoms with Crippen LogP contribution in [0.3, 0.4) is 0 Å². The van der Waals surface area contributed by atoms with Crippen LogP contribution in [0.15, 0.2) is 121 Å². The van der Waals surface area contributed by atoms with E-state index >= 15 is 0 Å². The lowest BCUT2D eigenvalue weighted by atomic mass is 9.77. The van der Waals surface area contributed by atoms with Gasteiger partial charge in [-0.1, -0.05) is 128 Å². The SMILES string of the molecule is CC[C@@H](CNC(c1ccccc1)(c1ccccc1)c1ccccc1)N(C)[C@@H](C)c1ccccc1. The molecule has 0 spiro atoms. The van der Waals surface area contributed by atoms with Crippen LogP contribution in [0.5, 0.6) is 0 Å². The van der Waals surface area contributed by atoms with Crippen molar-refractivity contribution in [1.82, 2.24) is 10.2 Å². The summed E-state index contributed by atoms with van der Waals surface area (Å²) in [5.41, 5.74) is 4.67. The second kappa shape index (κ2) is 11.3. The molecular weight excluding hydrogens is 412 g/mol. The van der Waals surface area contributed by atoms with Gasteiger partial charge in [0.05, 0.1) is 5.54 Å². The average molecular weight is 449 g/mol. The van der Waals surface area contributed by atoms with Gasteiger partial charge < -0.3 is 0 Å². The third-order valence-corrected chi connectivity index (χ3v) is 7.16. The van der Waals surface area contributed by atoms with Crippen LogP contribution >= 0.6 is 0 Å². The van der Waals surface area contributed by atoms with E-state index in [0.717, 1.165) is 13.0 Å². The van der Waals surface area contributed by atoms with Crippen molar-refractivity contribution in [3.63, 3.8) is 0 Å². The molecule has 4 aromatic carbocycles. The predicted molar refractivity (Wildman–Crippen MR) is 144 cm³/mol. The van der Waals surface area contributed by atoms with E-state index in [1.165, 1.54) is 22.3 Å². The highest BCUT2D eigenvalue weighted by Crippen LogP contribution is 2.37. The Hall–Kier alpha value is -3.20. The molecule has 0 unspecified atom stereocenters. The van der Waals surface area contributed by atoms with Crippen molar-refractivity contribution in [3.05, 3.63) is 144 Å². The molecule has 0 bridgehead atoms. The smallest absolute Gasteiger partial charge is 0.0948 e. The van der Waals surface area contributed by atoms with Crippen molar-refractivity contribution in [2.75, 3.05) is 13.6 Å². The molecular formula is C32H36N2. The fourth-order valence-corrected chi connectivity index (χ4v) is 5.00. The summed E-state index contributed by atoms with van der Waals surface area (Å²) in [5, 5.41) is 4.08. The maximum Gasteiger partial charge on any atom is 0.0948 e. The van der Waals surface area contributed by atoms with Gasteiger partial charge in [-0.15, -0.1) is 0 Å². The first-order chi connectivity index (χ1) is 16.7. The molecule has 0 amide bonds. The minimum absolute atomic E-state index is 0.340. The van der Waals surface area contributed by atoms with E-state index in [0.29, 0.717) is 12.1 Å². The molecule has 0 heterocycles. The fraction of sp³-hybridized carbons (Fsp3) is 0.250. The standard InChI is InChI=1S/C32H36N2/c1-4-31(34(3)26(2)27-17-9-5-10-18-27)25-33-32(28-19-11-6-12-20-28,29-21-13-7-14-22-29)30-23-15-8-16-24-30/h5-24,26,31,33H,4,25H2,1-3H3/t26-,31-/m0/s1. The Morgan fingerprint density at radius 1 is 0.647 bits per heavy atom. The molecule has 0 saturated heterocycles. The van der Waals surface area contributed by atoms with E-state index in [1.807, 2.05) is 0 Å². The van der Waals surface area contributed by atoms with Gasteiger partial charge in [-0.3, -0.25) is 10.2 Å². The highest BCUT2D eigenvalue weighted by molar-refractivity contribution is 5.49. The Morgan fingerprint density at radius 2 is 1.03 bits per heavy atom. The van der Waals surface area contributed by atoms with Gasteiger partial charge in [0.15, 0.2) is 0 Å². The number of rotatable bonds is 10. The van der Waals surface area contributed by atoms with E-state index < -0.39 is 5.54 Å². The zero-order valence-corrected chi connectivity index (χ0v) is 20.6. The third-order valence-electron chi connectivity index (χ3n) is 7.16. The fourth-order valence-electron chi connectivity index (χ4n) is 5.00. The van der Waals surface area contributed by atoms with Crippen LogP contribution in [-0.2, 0) is 5.54 Å². The predicted octanol–water partition coefficient (Wildman–Crippen LogP) is 7.04. The topological polar surface area (TPSA) is 15.3 Å². The normalized spacial score (nSPS) is 13.5. The molecule has 0 aromatic heterocycles. The molecule has 0 saturated carbocycles. The summed E-state index contributed by atoms with van der Waals surface area (Å²) < 4.78 is 0. The van der Waals surface area contributed by atoms with Crippen LogP contribution in [0.4, 0.5) is 0 Å². The Labute approximate surface area is 205 Å². The van der Waals surface area contributed by atoms with Gasteiger partial charge in [0.1, 0.15) is 0 Å². The van der Waals surface area contributed by atoms with Gasteiger partial charge >= 0.3 is 0 Å². The summed E-state index contributed by atoms with van der Waals surface area (Å²) in [7, 11) is 2.25. The molecule has 34 heavy (non-hydrogen) atoms. The van der Waals surface area contributed by atoms with Crippen molar-refractivity contribution in [2.45, 2.75) is 37.9 Å². The lowest BCUT2D eigenvalue weighted by molar-refractivity contribution is 0.169. The Morgan fingerprint density at radius 3 is 1.41 bits per heavy atom. The van der Waals surface area contributed by atoms with Crippen molar-refractivity contribution >= 4 is 0 Å². The third kappa shape index (κ3) is 4.99. The molecule has 2 heteroatoms. The second-order valence-corrected chi connectivity index (χ2v) is 9.04. The lowest BCUT2D eigenvalue weighted by Crippen LogP contribution is -2.50. The number of nitrogens with one attached hydrogen (secondary N) is 1. The highest BCUT2D eigenvalue weighted by Gasteiger charge is 2.36. The maximum absolute atomic E-state index is 4.08. The van der Waals surface area contributed by atoms with E-state index in [9.17, 15) is 0 Å². The summed E-state index contributed by atoms with van der Waals surface area (Å²) in [6.45, 7) is 5.45. The summed E-state index contributed by atoms with van der Waals surface area (Å²) in [4.78, 5) is 2.51. The molecule has 0 aliphatic rings. The number of benzene rings is 4. The maximum atomic E-state index is 4.08. The molecule has 2 nitrogen and oxygen atoms in total. The van der Waals surface area contributed by atoms with E-state index in [-0.39, 0.29) is 0 Å². The summed E-state index contributed by atoms with van der Waals surface area (Å²) in [6, 6.07) is 44.1. The van der Waals surface area contributed by atoms with Crippen molar-refractivity contribution < 1.29 is 0 Å². The molecule has 174 valence electrons. The van der Waals surface area contributed by atoms with Crippen LogP contribution in [0.1, 0.15) is 48.6 Å². The highest BCUT2D eigenvalue weighted by atomic mass is 15.2. The minimum Gasteiger partial charge on any atom is -0.298 e. The van der Waals surface area contributed by atoms with Crippen LogP contribution in [0.2, 0.25) is 0 Å². The van der Waals surface area contributed by atoms with E-state index in [2.05, 4.69) is 152 Å². The Kier molecular flexibility index (Phi) is 7.95. The molecule has 2 atom stereocenters. The van der Waals surface area contributed by atoms with E-state index in [1.54, 1.807) is 0 Å². The lowest BCUT2D eigenvalue weighted by Gasteiger charge is -2.40. The van der Waals surface area contributed by atoms with Gasteiger partial charge in [-0.05, 0) is 42.6 Å². The van der Waals surface area contributed by atoms with Crippen molar-refractivity contribution in [3.8, 4) is 0 Å². The van der Waals surface area contributed by atoms with Crippen LogP contribution in [0.25, 0.3) is 0 Å². The monoisotopic (exact) mass is 448 g/mol. The molecule has 0 radical (unpaired) electrons. The largest absolute Gasteiger partial charge is 0.298 e. The molecule has 0 aliphatic carbocycles. The van der Waals surface area contributed by atoms with Gasteiger partial charge in [-0.25, -0.2) is 0 Å². The van der Waals surface area contributed by atoms with Gasteiger partial charge in [0.25, 0.3) is 0 Å². The number of hydrogen-bond acceptors (Lipinski definition) is 2. The molecule has 0 aliphatic heterocycles. The van der Waals surface area contributed by atoms with Crippen LogP contribution < -0.4 is 5.32 Å². The first-order valence-corrected chi connectivity index (χ1v) is 12.3. The zero-order chi connectivity index (χ0) is 23.8. The average Bonchev–Trinajstić information content (AvgIpc) is 2.92. The Balaban J connectivity index is 1.72. The second-order valence-electron chi connectivity index (χ2n) is 9.04. The van der Waals surface area contributed by atoms with Gasteiger partial charge in [0.2, 0.25) is 0 Å². The zero-order valence-electron chi connectivity index (χ0n) is 20.6. The molecule has 1 N–H and O–H groups in total. The molecule has 4 aromatic rings. The summed E-state index contributed by atoms with van der Waals surface area (Å²) in [5.74, 6) is 0. The first-order valence-electron chi connectivity index (χ1n) is 12.3. The van der Waals surface area contributed by atoms with Crippen molar-refractivity contribution in [2.24, 2.45) is 0 Å². The van der Waals surface area contributed by atoms with Gasteiger partial charge in [0, 0.05) is 18.6 Å². The number of nitrogens with zero attached hydrogens (tertiary/aromatic N) is 1.